The van der Waals surface area contributed by atoms with Crippen LogP contribution < -0.4 is 5.32 Å². The Morgan fingerprint density at radius 2 is 1.79 bits per heavy atom. The Bertz CT molecular complexity index is 572. The third-order valence-corrected chi connectivity index (χ3v) is 3.15. The number of aromatic nitrogens is 1. The highest BCUT2D eigenvalue weighted by atomic mass is 14.9. The first-order chi connectivity index (χ1) is 9.28. The molecule has 0 radical (unpaired) electrons. The second-order valence-corrected chi connectivity index (χ2v) is 4.33. The van der Waals surface area contributed by atoms with Crippen LogP contribution in [0.2, 0.25) is 0 Å². The molecule has 1 N–H and O–H groups in total. The van der Waals surface area contributed by atoms with Crippen LogP contribution in [0.5, 0.6) is 0 Å². The van der Waals surface area contributed by atoms with Crippen LogP contribution in [-0.4, -0.2) is 4.98 Å². The van der Waals surface area contributed by atoms with E-state index >= 15 is 0 Å². The van der Waals surface area contributed by atoms with Crippen molar-refractivity contribution >= 4 is 11.4 Å². The van der Waals surface area contributed by atoms with Gasteiger partial charge in [0.1, 0.15) is 11.8 Å². The fraction of sp³-hybridized carbons (Fsp3) is 0.250. The third-order valence-electron chi connectivity index (χ3n) is 3.15. The van der Waals surface area contributed by atoms with Gasteiger partial charge in [0, 0.05) is 5.69 Å². The number of nitrogens with zero attached hydrogens (tertiary/aromatic N) is 2. The monoisotopic (exact) mass is 251 g/mol. The van der Waals surface area contributed by atoms with Crippen LogP contribution in [0.15, 0.2) is 36.5 Å². The SMILES string of the molecule is CCc1cccc(CC)c1Nc1ccc(C#N)nc1. The van der Waals surface area contributed by atoms with Gasteiger partial charge in [-0.25, -0.2) is 4.98 Å². The summed E-state index contributed by atoms with van der Waals surface area (Å²) in [4.78, 5) is 4.08. The first-order valence-electron chi connectivity index (χ1n) is 6.52. The summed E-state index contributed by atoms with van der Waals surface area (Å²) in [5, 5.41) is 12.2. The highest BCUT2D eigenvalue weighted by Gasteiger charge is 2.06. The van der Waals surface area contributed by atoms with Gasteiger partial charge in [0.15, 0.2) is 0 Å². The summed E-state index contributed by atoms with van der Waals surface area (Å²) >= 11 is 0. The molecule has 1 aromatic heterocycles. The molecule has 0 aliphatic heterocycles. The van der Waals surface area contributed by atoms with E-state index in [0.29, 0.717) is 5.69 Å². The lowest BCUT2D eigenvalue weighted by Crippen LogP contribution is -2.00. The van der Waals surface area contributed by atoms with Gasteiger partial charge in [-0.3, -0.25) is 0 Å². The lowest BCUT2D eigenvalue weighted by atomic mass is 10.0. The summed E-state index contributed by atoms with van der Waals surface area (Å²) in [5.74, 6) is 0. The topological polar surface area (TPSA) is 48.7 Å². The van der Waals surface area contributed by atoms with Gasteiger partial charge >= 0.3 is 0 Å². The van der Waals surface area contributed by atoms with E-state index in [-0.39, 0.29) is 0 Å². The van der Waals surface area contributed by atoms with Gasteiger partial charge in [0.2, 0.25) is 0 Å². The zero-order valence-corrected chi connectivity index (χ0v) is 11.3. The number of pyridine rings is 1. The van der Waals surface area contributed by atoms with Gasteiger partial charge in [0.25, 0.3) is 0 Å². The van der Waals surface area contributed by atoms with E-state index < -0.39 is 0 Å². The molecule has 1 heterocycles. The average Bonchev–Trinajstić information content (AvgIpc) is 2.48. The van der Waals surface area contributed by atoms with Gasteiger partial charge < -0.3 is 5.32 Å². The number of benzene rings is 1. The molecular weight excluding hydrogens is 234 g/mol. The number of rotatable bonds is 4. The van der Waals surface area contributed by atoms with Crippen LogP contribution in [0, 0.1) is 11.3 Å². The second kappa shape index (κ2) is 6.01. The molecular formula is C16H17N3. The van der Waals surface area contributed by atoms with E-state index in [2.05, 4.69) is 42.3 Å². The predicted octanol–water partition coefficient (Wildman–Crippen LogP) is 3.82. The van der Waals surface area contributed by atoms with E-state index in [1.165, 1.54) is 16.8 Å². The first kappa shape index (κ1) is 13.1. The summed E-state index contributed by atoms with van der Waals surface area (Å²) in [5.41, 5.74) is 5.10. The Morgan fingerprint density at radius 3 is 2.26 bits per heavy atom. The summed E-state index contributed by atoms with van der Waals surface area (Å²) in [6, 6.07) is 12.0. The maximum atomic E-state index is 8.75. The normalized spacial score (nSPS) is 9.95. The minimum absolute atomic E-state index is 0.435. The molecule has 1 aromatic carbocycles. The van der Waals surface area contributed by atoms with Gasteiger partial charge in [-0.15, -0.1) is 0 Å². The van der Waals surface area contributed by atoms with E-state index in [1.807, 2.05) is 12.1 Å². The number of para-hydroxylation sites is 1. The van der Waals surface area contributed by atoms with Crippen molar-refractivity contribution in [3.63, 3.8) is 0 Å². The smallest absolute Gasteiger partial charge is 0.140 e. The largest absolute Gasteiger partial charge is 0.354 e. The third kappa shape index (κ3) is 2.92. The molecule has 0 aliphatic carbocycles. The molecule has 3 nitrogen and oxygen atoms in total. The highest BCUT2D eigenvalue weighted by molar-refractivity contribution is 5.66. The first-order valence-corrected chi connectivity index (χ1v) is 6.52. The molecule has 0 bridgehead atoms. The fourth-order valence-corrected chi connectivity index (χ4v) is 2.08. The molecule has 96 valence electrons. The Balaban J connectivity index is 2.34. The van der Waals surface area contributed by atoms with E-state index in [4.69, 9.17) is 5.26 Å². The molecule has 2 aromatic rings. The fourth-order valence-electron chi connectivity index (χ4n) is 2.08. The quantitative estimate of drug-likeness (QED) is 0.898. The van der Waals surface area contributed by atoms with Crippen LogP contribution in [0.3, 0.4) is 0 Å². The van der Waals surface area contributed by atoms with Crippen LogP contribution in [-0.2, 0) is 12.8 Å². The zero-order chi connectivity index (χ0) is 13.7. The van der Waals surface area contributed by atoms with Crippen molar-refractivity contribution in [1.29, 1.82) is 5.26 Å². The second-order valence-electron chi connectivity index (χ2n) is 4.33. The van der Waals surface area contributed by atoms with Crippen molar-refractivity contribution in [1.82, 2.24) is 4.98 Å². The van der Waals surface area contributed by atoms with Crippen LogP contribution in [0.4, 0.5) is 11.4 Å². The van der Waals surface area contributed by atoms with Crippen LogP contribution >= 0.6 is 0 Å². The van der Waals surface area contributed by atoms with Gasteiger partial charge in [-0.2, -0.15) is 5.26 Å². The summed E-state index contributed by atoms with van der Waals surface area (Å²) in [6.45, 7) is 4.30. The van der Waals surface area contributed by atoms with Crippen molar-refractivity contribution in [2.24, 2.45) is 0 Å². The lowest BCUT2D eigenvalue weighted by molar-refractivity contribution is 1.09. The summed E-state index contributed by atoms with van der Waals surface area (Å²) in [6.07, 6.45) is 3.67. The maximum absolute atomic E-state index is 8.75. The zero-order valence-electron chi connectivity index (χ0n) is 11.3. The molecule has 0 saturated heterocycles. The molecule has 3 heteroatoms. The van der Waals surface area contributed by atoms with Gasteiger partial charge in [-0.1, -0.05) is 32.0 Å². The number of nitriles is 1. The number of hydrogen-bond donors (Lipinski definition) is 1. The van der Waals surface area contributed by atoms with Crippen molar-refractivity contribution in [2.45, 2.75) is 26.7 Å². The number of nitrogens with one attached hydrogen (secondary N) is 1. The Kier molecular flexibility index (Phi) is 4.15. The van der Waals surface area contributed by atoms with Crippen molar-refractivity contribution in [2.75, 3.05) is 5.32 Å². The average molecular weight is 251 g/mol. The van der Waals surface area contributed by atoms with E-state index in [0.717, 1.165) is 18.5 Å². The van der Waals surface area contributed by atoms with Crippen molar-refractivity contribution < 1.29 is 0 Å². The van der Waals surface area contributed by atoms with Gasteiger partial charge in [-0.05, 0) is 36.1 Å². The lowest BCUT2D eigenvalue weighted by Gasteiger charge is -2.15. The molecule has 0 amide bonds. The maximum Gasteiger partial charge on any atom is 0.140 e. The molecule has 0 unspecified atom stereocenters. The molecule has 0 atom stereocenters. The Hall–Kier alpha value is -2.34. The van der Waals surface area contributed by atoms with Crippen molar-refractivity contribution in [3.05, 3.63) is 53.3 Å². The molecule has 2 rings (SSSR count). The molecule has 0 saturated carbocycles. The standard InChI is InChI=1S/C16H17N3/c1-3-12-6-5-7-13(4-2)16(12)19-15-9-8-14(10-17)18-11-15/h5-9,11,19H,3-4H2,1-2H3. The number of anilines is 2. The summed E-state index contributed by atoms with van der Waals surface area (Å²) in [7, 11) is 0. The highest BCUT2D eigenvalue weighted by Crippen LogP contribution is 2.26. The Labute approximate surface area is 113 Å². The van der Waals surface area contributed by atoms with Gasteiger partial charge in [0.05, 0.1) is 11.9 Å². The molecule has 19 heavy (non-hydrogen) atoms. The predicted molar refractivity (Wildman–Crippen MR) is 77.4 cm³/mol. The molecule has 0 aliphatic rings. The minimum Gasteiger partial charge on any atom is -0.354 e. The minimum atomic E-state index is 0.435. The number of aryl methyl sites for hydroxylation is 2. The van der Waals surface area contributed by atoms with E-state index in [9.17, 15) is 0 Å². The Morgan fingerprint density at radius 1 is 1.11 bits per heavy atom. The number of hydrogen-bond acceptors (Lipinski definition) is 3. The van der Waals surface area contributed by atoms with Crippen LogP contribution in [0.1, 0.15) is 30.7 Å². The van der Waals surface area contributed by atoms with Crippen molar-refractivity contribution in [3.8, 4) is 6.07 Å². The molecule has 0 spiro atoms. The van der Waals surface area contributed by atoms with E-state index in [1.54, 1.807) is 12.3 Å². The van der Waals surface area contributed by atoms with Crippen LogP contribution in [0.25, 0.3) is 0 Å². The molecule has 0 fully saturated rings. The summed E-state index contributed by atoms with van der Waals surface area (Å²) < 4.78 is 0.